The number of nitrogen functional groups attached to an aromatic ring is 1. The summed E-state index contributed by atoms with van der Waals surface area (Å²) in [6.07, 6.45) is 5.89. The first-order valence-electron chi connectivity index (χ1n) is 10.5. The average Bonchev–Trinajstić information content (AvgIpc) is 3.13. The Hall–Kier alpha value is -3.54. The minimum Gasteiger partial charge on any atom is -0.496 e. The number of hydrogen-bond acceptors (Lipinski definition) is 5. The van der Waals surface area contributed by atoms with Crippen molar-refractivity contribution in [3.05, 3.63) is 66.7 Å². The second-order valence-electron chi connectivity index (χ2n) is 8.90. The summed E-state index contributed by atoms with van der Waals surface area (Å²) in [6.45, 7) is 4.59. The second kappa shape index (κ2) is 7.30. The highest BCUT2D eigenvalue weighted by Gasteiger charge is 2.39. The summed E-state index contributed by atoms with van der Waals surface area (Å²) >= 11 is 0. The lowest BCUT2D eigenvalue weighted by Gasteiger charge is -2.41. The van der Waals surface area contributed by atoms with Gasteiger partial charge in [-0.05, 0) is 42.5 Å². The molecule has 0 bridgehead atoms. The topological polar surface area (TPSA) is 74.7 Å². The molecule has 5 rings (SSSR count). The number of ether oxygens (including phenoxy) is 2. The smallest absolute Gasteiger partial charge is 0.150 e. The zero-order valence-corrected chi connectivity index (χ0v) is 18.0. The van der Waals surface area contributed by atoms with Crippen molar-refractivity contribution in [2.75, 3.05) is 12.8 Å². The summed E-state index contributed by atoms with van der Waals surface area (Å²) in [7, 11) is 1.65. The lowest BCUT2D eigenvalue weighted by molar-refractivity contribution is 0.145. The molecule has 2 aromatic heterocycles. The summed E-state index contributed by atoms with van der Waals surface area (Å²) in [5.74, 6) is 4.05. The van der Waals surface area contributed by atoms with Gasteiger partial charge in [-0.3, -0.25) is 4.40 Å². The zero-order chi connectivity index (χ0) is 21.6. The highest BCUT2D eigenvalue weighted by atomic mass is 16.5. The van der Waals surface area contributed by atoms with E-state index >= 15 is 0 Å². The Labute approximate surface area is 181 Å². The van der Waals surface area contributed by atoms with Crippen molar-refractivity contribution in [2.24, 2.45) is 5.41 Å². The predicted molar refractivity (Wildman–Crippen MR) is 122 cm³/mol. The highest BCUT2D eigenvalue weighted by molar-refractivity contribution is 5.88. The highest BCUT2D eigenvalue weighted by Crippen LogP contribution is 2.51. The summed E-state index contributed by atoms with van der Waals surface area (Å²) in [4.78, 5) is 9.37. The third-order valence-corrected chi connectivity index (χ3v) is 5.98. The maximum Gasteiger partial charge on any atom is 0.150 e. The van der Waals surface area contributed by atoms with Gasteiger partial charge in [-0.1, -0.05) is 32.0 Å². The number of methoxy groups -OCH3 is 1. The molecule has 0 amide bonds. The Morgan fingerprint density at radius 3 is 2.55 bits per heavy atom. The van der Waals surface area contributed by atoms with Crippen molar-refractivity contribution in [3.63, 3.8) is 0 Å². The molecule has 1 aliphatic carbocycles. The lowest BCUT2D eigenvalue weighted by atomic mass is 9.64. The zero-order valence-electron chi connectivity index (χ0n) is 18.0. The Bertz CT molecular complexity index is 1240. The van der Waals surface area contributed by atoms with E-state index in [0.29, 0.717) is 28.6 Å². The van der Waals surface area contributed by atoms with Gasteiger partial charge in [0.2, 0.25) is 0 Å². The summed E-state index contributed by atoms with van der Waals surface area (Å²) in [6, 6.07) is 15.5. The van der Waals surface area contributed by atoms with Crippen LogP contribution in [0, 0.1) is 5.41 Å². The monoisotopic (exact) mass is 414 g/mol. The van der Waals surface area contributed by atoms with Crippen molar-refractivity contribution in [3.8, 4) is 28.5 Å². The number of nitrogens with two attached hydrogens (primary N) is 1. The molecule has 0 atom stereocenters. The SMILES string of the molecule is COc1cc(Oc2ccccc2)ccc1-c1nc(C2CC(C)(C)C2)n2ccnc(N)c12. The van der Waals surface area contributed by atoms with E-state index in [1.165, 1.54) is 0 Å². The molecule has 0 aliphatic heterocycles. The van der Waals surface area contributed by atoms with E-state index in [0.717, 1.165) is 41.2 Å². The van der Waals surface area contributed by atoms with Crippen LogP contribution in [0.2, 0.25) is 0 Å². The number of aromatic nitrogens is 3. The summed E-state index contributed by atoms with van der Waals surface area (Å²) in [5.41, 5.74) is 9.13. The first-order valence-corrected chi connectivity index (χ1v) is 10.5. The maximum atomic E-state index is 6.31. The Morgan fingerprint density at radius 2 is 1.84 bits per heavy atom. The summed E-state index contributed by atoms with van der Waals surface area (Å²) < 4.78 is 13.8. The van der Waals surface area contributed by atoms with Crippen LogP contribution in [0.1, 0.15) is 38.4 Å². The largest absolute Gasteiger partial charge is 0.496 e. The number of para-hydroxylation sites is 1. The van der Waals surface area contributed by atoms with Crippen LogP contribution in [0.25, 0.3) is 16.8 Å². The quantitative estimate of drug-likeness (QED) is 0.454. The minimum absolute atomic E-state index is 0.351. The summed E-state index contributed by atoms with van der Waals surface area (Å²) in [5, 5.41) is 0. The Morgan fingerprint density at radius 1 is 1.06 bits per heavy atom. The molecule has 1 saturated carbocycles. The van der Waals surface area contributed by atoms with E-state index in [9.17, 15) is 0 Å². The fourth-order valence-corrected chi connectivity index (χ4v) is 4.57. The van der Waals surface area contributed by atoms with Crippen molar-refractivity contribution in [2.45, 2.75) is 32.6 Å². The number of rotatable bonds is 5. The normalized spacial score (nSPS) is 15.6. The number of anilines is 1. The van der Waals surface area contributed by atoms with Crippen LogP contribution < -0.4 is 15.2 Å². The molecule has 0 radical (unpaired) electrons. The molecule has 2 heterocycles. The van der Waals surface area contributed by atoms with E-state index in [1.807, 2.05) is 54.7 Å². The van der Waals surface area contributed by atoms with Gasteiger partial charge in [-0.25, -0.2) is 9.97 Å². The van der Waals surface area contributed by atoms with E-state index in [4.69, 9.17) is 20.2 Å². The van der Waals surface area contributed by atoms with Gasteiger partial charge in [0.25, 0.3) is 0 Å². The molecule has 0 spiro atoms. The van der Waals surface area contributed by atoms with Crippen LogP contribution in [0.15, 0.2) is 60.9 Å². The van der Waals surface area contributed by atoms with E-state index in [2.05, 4.69) is 23.2 Å². The van der Waals surface area contributed by atoms with Crippen LogP contribution in [0.4, 0.5) is 5.82 Å². The molecular weight excluding hydrogens is 388 g/mol. The van der Waals surface area contributed by atoms with Crippen LogP contribution in [0.5, 0.6) is 17.2 Å². The molecule has 6 nitrogen and oxygen atoms in total. The van der Waals surface area contributed by atoms with Gasteiger partial charge in [0.05, 0.1) is 7.11 Å². The van der Waals surface area contributed by atoms with Gasteiger partial charge >= 0.3 is 0 Å². The lowest BCUT2D eigenvalue weighted by Crippen LogP contribution is -2.31. The van der Waals surface area contributed by atoms with Gasteiger partial charge < -0.3 is 15.2 Å². The first kappa shape index (κ1) is 19.4. The average molecular weight is 415 g/mol. The number of imidazole rings is 1. The van der Waals surface area contributed by atoms with Crippen molar-refractivity contribution < 1.29 is 9.47 Å². The molecule has 0 unspecified atom stereocenters. The predicted octanol–water partition coefficient (Wildman–Crippen LogP) is 5.68. The van der Waals surface area contributed by atoms with Crippen molar-refractivity contribution in [1.82, 2.24) is 14.4 Å². The Balaban J connectivity index is 1.59. The fraction of sp³-hybridized carbons (Fsp3) is 0.280. The van der Waals surface area contributed by atoms with Crippen LogP contribution in [-0.2, 0) is 0 Å². The van der Waals surface area contributed by atoms with Crippen LogP contribution >= 0.6 is 0 Å². The maximum absolute atomic E-state index is 6.31. The van der Waals surface area contributed by atoms with Crippen molar-refractivity contribution in [1.29, 1.82) is 0 Å². The van der Waals surface area contributed by atoms with Crippen molar-refractivity contribution >= 4 is 11.3 Å². The number of hydrogen-bond donors (Lipinski definition) is 1. The molecular formula is C25H26N4O2. The van der Waals surface area contributed by atoms with Crippen LogP contribution in [0.3, 0.4) is 0 Å². The third-order valence-electron chi connectivity index (χ3n) is 5.98. The van der Waals surface area contributed by atoms with E-state index in [1.54, 1.807) is 13.3 Å². The molecule has 0 saturated heterocycles. The molecule has 2 aromatic carbocycles. The standard InChI is InChI=1S/C25H26N4O2/c1-25(2)14-16(15-25)24-28-21(22-23(26)27-11-12-29(22)24)19-10-9-18(13-20(19)30-3)31-17-7-5-4-6-8-17/h4-13,16H,14-15H2,1-3H3,(H2,26,27). The Kier molecular flexibility index (Phi) is 4.58. The van der Waals surface area contributed by atoms with E-state index < -0.39 is 0 Å². The first-order chi connectivity index (χ1) is 14.9. The molecule has 2 N–H and O–H groups in total. The number of fused-ring (bicyclic) bond motifs is 1. The second-order valence-corrected chi connectivity index (χ2v) is 8.90. The van der Waals surface area contributed by atoms with E-state index in [-0.39, 0.29) is 0 Å². The van der Waals surface area contributed by atoms with Gasteiger partial charge in [0, 0.05) is 29.9 Å². The molecule has 31 heavy (non-hydrogen) atoms. The molecule has 1 fully saturated rings. The minimum atomic E-state index is 0.351. The van der Waals surface area contributed by atoms with Gasteiger partial charge in [0.15, 0.2) is 0 Å². The van der Waals surface area contributed by atoms with Crippen LogP contribution in [-0.4, -0.2) is 21.5 Å². The van der Waals surface area contributed by atoms with Gasteiger partial charge in [-0.2, -0.15) is 0 Å². The molecule has 4 aromatic rings. The molecule has 158 valence electrons. The molecule has 6 heteroatoms. The fourth-order valence-electron chi connectivity index (χ4n) is 4.57. The van der Waals surface area contributed by atoms with Gasteiger partial charge in [0.1, 0.15) is 40.1 Å². The third kappa shape index (κ3) is 3.48. The van der Waals surface area contributed by atoms with Gasteiger partial charge in [-0.15, -0.1) is 0 Å². The number of benzene rings is 2. The number of nitrogens with zero attached hydrogens (tertiary/aromatic N) is 3. The molecule has 1 aliphatic rings.